The third-order valence-electron chi connectivity index (χ3n) is 4.16. The molecule has 26 heavy (non-hydrogen) atoms. The van der Waals surface area contributed by atoms with Crippen molar-refractivity contribution in [1.82, 2.24) is 9.97 Å². The van der Waals surface area contributed by atoms with Crippen molar-refractivity contribution < 1.29 is 0 Å². The minimum atomic E-state index is -2.96. The van der Waals surface area contributed by atoms with E-state index in [1.807, 2.05) is 12.1 Å². The van der Waals surface area contributed by atoms with Crippen molar-refractivity contribution in [3.63, 3.8) is 0 Å². The Balaban J connectivity index is 0.000000191. The molecule has 0 atom stereocenters. The number of nitrogens with zero attached hydrogens (tertiary/aromatic N) is 2. The zero-order valence-electron chi connectivity index (χ0n) is 15.1. The van der Waals surface area contributed by atoms with Gasteiger partial charge in [0.05, 0.1) is 11.0 Å². The molecule has 0 saturated carbocycles. The molecule has 0 amide bonds. The van der Waals surface area contributed by atoms with Crippen LogP contribution < -0.4 is 0 Å². The first-order chi connectivity index (χ1) is 12.5. The third kappa shape index (κ3) is 7.75. The van der Waals surface area contributed by atoms with Crippen LogP contribution in [0.1, 0.15) is 45.4 Å². The Kier molecular flexibility index (Phi) is 9.76. The largest absolute Gasteiger partial charge is 0.254 e. The van der Waals surface area contributed by atoms with E-state index in [9.17, 15) is 0 Å². The van der Waals surface area contributed by atoms with Gasteiger partial charge < -0.3 is 0 Å². The zero-order valence-corrected chi connectivity index (χ0v) is 20.2. The second kappa shape index (κ2) is 11.5. The van der Waals surface area contributed by atoms with Gasteiger partial charge in [0.1, 0.15) is 0 Å². The number of aromatic nitrogens is 2. The average Bonchev–Trinajstić information content (AvgIpc) is 2.64. The topological polar surface area (TPSA) is 25.8 Å². The van der Waals surface area contributed by atoms with E-state index in [4.69, 9.17) is 26.8 Å². The summed E-state index contributed by atoms with van der Waals surface area (Å²) in [6, 6.07) is 12.1. The zero-order chi connectivity index (χ0) is 18.8. The number of pyridine rings is 2. The van der Waals surface area contributed by atoms with Gasteiger partial charge in [0.2, 0.25) is 0 Å². The van der Waals surface area contributed by atoms with E-state index in [1.54, 1.807) is 12.4 Å². The minimum absolute atomic E-state index is 0.894. The molecular formula is C20H25Cl3N2Sn. The summed E-state index contributed by atoms with van der Waals surface area (Å²) < 4.78 is 0.894. The molecule has 0 aliphatic heterocycles. The van der Waals surface area contributed by atoms with Gasteiger partial charge in [-0.1, -0.05) is 24.3 Å². The molecule has 0 fully saturated rings. The molecular weight excluding hydrogens is 493 g/mol. The Morgan fingerprint density at radius 3 is 1.73 bits per heavy atom. The number of benzene rings is 1. The molecule has 0 unspecified atom stereocenters. The van der Waals surface area contributed by atoms with Gasteiger partial charge >= 0.3 is 91.6 Å². The first-order valence-electron chi connectivity index (χ1n) is 9.16. The second-order valence-corrected chi connectivity index (χ2v) is 28.2. The number of halogens is 3. The van der Waals surface area contributed by atoms with E-state index in [1.165, 1.54) is 32.1 Å². The predicted octanol–water partition coefficient (Wildman–Crippen LogP) is 7.79. The van der Waals surface area contributed by atoms with Crippen LogP contribution in [0.2, 0.25) is 4.44 Å². The van der Waals surface area contributed by atoms with Crippen molar-refractivity contribution in [3.05, 3.63) is 48.8 Å². The number of hydrogen-bond acceptors (Lipinski definition) is 2. The molecule has 0 aliphatic rings. The molecule has 0 spiro atoms. The molecule has 2 aromatic heterocycles. The van der Waals surface area contributed by atoms with Gasteiger partial charge in [-0.2, -0.15) is 0 Å². The fraction of sp³-hybridized carbons (Fsp3) is 0.400. The molecule has 0 radical (unpaired) electrons. The Morgan fingerprint density at radius 2 is 1.23 bits per heavy atom. The first-order valence-corrected chi connectivity index (χ1v) is 22.0. The van der Waals surface area contributed by atoms with Gasteiger partial charge in [-0.15, -0.1) is 0 Å². The van der Waals surface area contributed by atoms with Crippen LogP contribution >= 0.6 is 26.8 Å². The summed E-state index contributed by atoms with van der Waals surface area (Å²) >= 11 is -2.96. The van der Waals surface area contributed by atoms with Gasteiger partial charge in [0.25, 0.3) is 0 Å². The van der Waals surface area contributed by atoms with E-state index in [0.717, 1.165) is 32.7 Å². The van der Waals surface area contributed by atoms with Crippen molar-refractivity contribution in [2.75, 3.05) is 0 Å². The van der Waals surface area contributed by atoms with Crippen LogP contribution in [-0.4, -0.2) is 25.0 Å². The molecule has 0 bridgehead atoms. The van der Waals surface area contributed by atoms with E-state index >= 15 is 0 Å². The summed E-state index contributed by atoms with van der Waals surface area (Å²) in [5.74, 6) is 0. The van der Waals surface area contributed by atoms with Gasteiger partial charge in [-0.25, -0.2) is 0 Å². The van der Waals surface area contributed by atoms with Crippen LogP contribution in [0.3, 0.4) is 0 Å². The standard InChI is InChI=1S/C12H8N2.C8H17.3ClH.Sn/c1-3-9-5-6-10-4-2-8-14-12(10)11(9)13-7-1;1-3-5-7-8-6-4-2;;;;/h1-8H;1,3-8H2,2H3;3*1H;/q;;;;;+3/p-3. The van der Waals surface area contributed by atoms with Crippen LogP contribution in [0, 0.1) is 0 Å². The van der Waals surface area contributed by atoms with E-state index in [-0.39, 0.29) is 0 Å². The van der Waals surface area contributed by atoms with Crippen LogP contribution in [-0.2, 0) is 0 Å². The maximum absolute atomic E-state index is 5.81. The first kappa shape index (κ1) is 22.0. The number of hydrogen-bond donors (Lipinski definition) is 0. The number of unbranched alkanes of at least 4 members (excludes halogenated alkanes) is 5. The number of fused-ring (bicyclic) bond motifs is 3. The monoisotopic (exact) mass is 518 g/mol. The summed E-state index contributed by atoms with van der Waals surface area (Å²) in [4.78, 5) is 8.69. The van der Waals surface area contributed by atoms with E-state index < -0.39 is 15.0 Å². The fourth-order valence-electron chi connectivity index (χ4n) is 2.79. The Labute approximate surface area is 171 Å². The van der Waals surface area contributed by atoms with Crippen LogP contribution in [0.15, 0.2) is 48.8 Å². The fourth-order valence-corrected chi connectivity index (χ4v) is 7.33. The van der Waals surface area contributed by atoms with Crippen molar-refractivity contribution in [1.29, 1.82) is 0 Å². The Morgan fingerprint density at radius 1 is 0.731 bits per heavy atom. The maximum Gasteiger partial charge on any atom is 0.0964 e. The molecule has 6 heteroatoms. The third-order valence-corrected chi connectivity index (χ3v) is 10.6. The quantitative estimate of drug-likeness (QED) is 0.181. The summed E-state index contributed by atoms with van der Waals surface area (Å²) in [5.41, 5.74) is 1.95. The minimum Gasteiger partial charge on any atom is -0.254 e. The molecule has 3 rings (SSSR count). The molecule has 2 heterocycles. The molecule has 2 nitrogen and oxygen atoms in total. The Bertz CT molecular complexity index is 751. The molecule has 140 valence electrons. The van der Waals surface area contributed by atoms with Gasteiger partial charge in [0.15, 0.2) is 0 Å². The van der Waals surface area contributed by atoms with Crippen LogP contribution in [0.5, 0.6) is 0 Å². The van der Waals surface area contributed by atoms with Crippen molar-refractivity contribution in [3.8, 4) is 0 Å². The Hall–Kier alpha value is -0.291. The molecule has 0 aliphatic carbocycles. The number of rotatable bonds is 7. The SMILES string of the molecule is CCCCCCC[CH2][Sn]([Cl])([Cl])[Cl].c1cnc2c(c1)ccc1cccnc12. The maximum atomic E-state index is 5.81. The van der Waals surface area contributed by atoms with E-state index in [0.29, 0.717) is 0 Å². The smallest absolute Gasteiger partial charge is 0.0964 e. The van der Waals surface area contributed by atoms with Gasteiger partial charge in [-0.3, -0.25) is 9.97 Å². The molecule has 3 aromatic rings. The summed E-state index contributed by atoms with van der Waals surface area (Å²) in [6.45, 7) is 2.22. The molecule has 0 saturated heterocycles. The van der Waals surface area contributed by atoms with Gasteiger partial charge in [0, 0.05) is 23.2 Å². The summed E-state index contributed by atoms with van der Waals surface area (Å²) in [6.07, 6.45) is 11.3. The summed E-state index contributed by atoms with van der Waals surface area (Å²) in [5, 5.41) is 2.28. The molecule has 1 aromatic carbocycles. The van der Waals surface area contributed by atoms with E-state index in [2.05, 4.69) is 41.2 Å². The van der Waals surface area contributed by atoms with Crippen LogP contribution in [0.4, 0.5) is 0 Å². The van der Waals surface area contributed by atoms with Crippen LogP contribution in [0.25, 0.3) is 21.8 Å². The molecule has 0 N–H and O–H groups in total. The van der Waals surface area contributed by atoms with Crippen molar-refractivity contribution in [2.45, 2.75) is 49.9 Å². The normalized spacial score (nSPS) is 11.4. The summed E-state index contributed by atoms with van der Waals surface area (Å²) in [7, 11) is 17.4. The second-order valence-electron chi connectivity index (χ2n) is 6.35. The van der Waals surface area contributed by atoms with Crippen molar-refractivity contribution >= 4 is 63.6 Å². The predicted molar refractivity (Wildman–Crippen MR) is 119 cm³/mol. The van der Waals surface area contributed by atoms with Gasteiger partial charge in [-0.05, 0) is 12.1 Å². The average molecular weight is 519 g/mol. The van der Waals surface area contributed by atoms with Crippen molar-refractivity contribution in [2.24, 2.45) is 0 Å².